The Morgan fingerprint density at radius 1 is 0.316 bits per heavy atom. The van der Waals surface area contributed by atoms with Crippen LogP contribution in [0.4, 0.5) is 0 Å². The van der Waals surface area contributed by atoms with Crippen molar-refractivity contribution in [2.24, 2.45) is 0 Å². The van der Waals surface area contributed by atoms with Crippen molar-refractivity contribution in [3.63, 3.8) is 0 Å². The molecule has 1 aliphatic rings. The number of fused-ring (bicyclic) bond motifs is 8. The quantitative estimate of drug-likeness (QED) is 0.161. The van der Waals surface area contributed by atoms with E-state index in [1.54, 1.807) is 0 Å². The summed E-state index contributed by atoms with van der Waals surface area (Å²) in [6.07, 6.45) is 0. The number of para-hydroxylation sites is 1. The van der Waals surface area contributed by atoms with Crippen LogP contribution in [0.5, 0.6) is 0 Å². The molecular formula is C56H58O. The van der Waals surface area contributed by atoms with Gasteiger partial charge < -0.3 is 4.42 Å². The molecule has 1 nitrogen and oxygen atoms in total. The fourth-order valence-corrected chi connectivity index (χ4v) is 11.8. The van der Waals surface area contributed by atoms with E-state index in [2.05, 4.69) is 160 Å². The predicted octanol–water partition coefficient (Wildman–Crippen LogP) is 16.2. The molecule has 57 heavy (non-hydrogen) atoms. The third-order valence-corrected chi connectivity index (χ3v) is 15.8. The van der Waals surface area contributed by atoms with Crippen molar-refractivity contribution in [1.29, 1.82) is 0 Å². The monoisotopic (exact) mass is 746 g/mol. The fourth-order valence-electron chi connectivity index (χ4n) is 11.8. The van der Waals surface area contributed by atoms with E-state index in [1.807, 2.05) is 0 Å². The molecule has 0 bridgehead atoms. The summed E-state index contributed by atoms with van der Waals surface area (Å²) < 4.78 is 6.59. The molecule has 9 rings (SSSR count). The first kappa shape index (κ1) is 37.4. The molecule has 0 saturated carbocycles. The lowest BCUT2D eigenvalue weighted by Gasteiger charge is -2.31. The van der Waals surface area contributed by atoms with Crippen LogP contribution < -0.4 is 0 Å². The average Bonchev–Trinajstić information content (AvgIpc) is 3.69. The van der Waals surface area contributed by atoms with Crippen LogP contribution in [0, 0.1) is 104 Å². The van der Waals surface area contributed by atoms with Gasteiger partial charge in [-0.2, -0.15) is 0 Å². The lowest BCUT2D eigenvalue weighted by molar-refractivity contribution is 0.649. The van der Waals surface area contributed by atoms with Crippen molar-refractivity contribution in [3.05, 3.63) is 137 Å². The minimum atomic E-state index is -0.145. The van der Waals surface area contributed by atoms with Gasteiger partial charge in [0.2, 0.25) is 0 Å². The summed E-state index contributed by atoms with van der Waals surface area (Å²) in [5.74, 6) is 0. The van der Waals surface area contributed by atoms with Crippen LogP contribution in [-0.4, -0.2) is 0 Å². The van der Waals surface area contributed by atoms with Gasteiger partial charge in [-0.3, -0.25) is 0 Å². The van der Waals surface area contributed by atoms with Gasteiger partial charge >= 0.3 is 0 Å². The summed E-state index contributed by atoms with van der Waals surface area (Å²) in [7, 11) is 0. The summed E-state index contributed by atoms with van der Waals surface area (Å²) in [4.78, 5) is 0. The summed E-state index contributed by atoms with van der Waals surface area (Å²) in [6, 6.07) is 15.3. The van der Waals surface area contributed by atoms with Gasteiger partial charge in [0.05, 0.1) is 0 Å². The summed E-state index contributed by atoms with van der Waals surface area (Å²) >= 11 is 0. The van der Waals surface area contributed by atoms with Gasteiger partial charge in [0, 0.05) is 16.2 Å². The molecule has 7 aromatic carbocycles. The van der Waals surface area contributed by atoms with E-state index in [4.69, 9.17) is 4.42 Å². The zero-order valence-electron chi connectivity index (χ0n) is 37.4. The Kier molecular flexibility index (Phi) is 8.00. The molecule has 0 fully saturated rings. The van der Waals surface area contributed by atoms with Crippen LogP contribution in [0.15, 0.2) is 46.9 Å². The van der Waals surface area contributed by atoms with Gasteiger partial charge in [-0.05, 0) is 265 Å². The fraction of sp³-hybridized carbons (Fsp3) is 0.321. The zero-order valence-corrected chi connectivity index (χ0v) is 37.4. The largest absolute Gasteiger partial charge is 0.456 e. The van der Waals surface area contributed by atoms with Crippen LogP contribution in [0.2, 0.25) is 0 Å². The number of furan rings is 1. The minimum Gasteiger partial charge on any atom is -0.456 e. The summed E-state index contributed by atoms with van der Waals surface area (Å²) in [5, 5.41) is 7.91. The Morgan fingerprint density at radius 2 is 0.719 bits per heavy atom. The molecule has 0 atom stereocenters. The molecule has 0 saturated heterocycles. The number of hydrogen-bond donors (Lipinski definition) is 0. The smallest absolute Gasteiger partial charge is 0.136 e. The highest BCUT2D eigenvalue weighted by atomic mass is 16.3. The van der Waals surface area contributed by atoms with E-state index in [1.165, 1.54) is 160 Å². The first-order valence-electron chi connectivity index (χ1n) is 21.0. The lowest BCUT2D eigenvalue weighted by Crippen LogP contribution is -2.19. The molecule has 1 heteroatoms. The van der Waals surface area contributed by atoms with Gasteiger partial charge in [-0.25, -0.2) is 0 Å². The summed E-state index contributed by atoms with van der Waals surface area (Å²) in [6.45, 7) is 40.5. The van der Waals surface area contributed by atoms with Gasteiger partial charge in [-0.1, -0.05) is 44.2 Å². The van der Waals surface area contributed by atoms with Crippen molar-refractivity contribution < 1.29 is 4.42 Å². The maximum absolute atomic E-state index is 6.59. The highest BCUT2D eigenvalue weighted by molar-refractivity contribution is 6.29. The van der Waals surface area contributed by atoms with Crippen molar-refractivity contribution in [2.45, 2.75) is 123 Å². The standard InChI is InChI=1S/C56H58O/c1-25-27(3)33(9)47-45(31(25)7)52(41-22-20-24-43-51(41)40-21-18-19-23-42(40)57-43)46-32(8)26(2)28(4)34(10)48(46)53(47)44-36(12)37(13)50-49-35(11)29(5)30(6)38(14)54(49)56(16,17)55(50)39(44)15/h18-24H,1-17H3. The molecule has 0 spiro atoms. The minimum absolute atomic E-state index is 0.145. The van der Waals surface area contributed by atoms with E-state index in [9.17, 15) is 0 Å². The van der Waals surface area contributed by atoms with Crippen LogP contribution in [-0.2, 0) is 5.41 Å². The third kappa shape index (κ3) is 4.52. The highest BCUT2D eigenvalue weighted by Gasteiger charge is 2.43. The molecule has 0 aliphatic heterocycles. The van der Waals surface area contributed by atoms with Crippen LogP contribution in [0.3, 0.4) is 0 Å². The van der Waals surface area contributed by atoms with Crippen LogP contribution >= 0.6 is 0 Å². The molecule has 1 heterocycles. The molecule has 1 aromatic heterocycles. The Hall–Kier alpha value is -5.14. The number of aryl methyl sites for hydroxylation is 4. The van der Waals surface area contributed by atoms with E-state index in [-0.39, 0.29) is 5.41 Å². The lowest BCUT2D eigenvalue weighted by atomic mass is 9.72. The summed E-state index contributed by atoms with van der Waals surface area (Å²) in [5.41, 5.74) is 34.1. The van der Waals surface area contributed by atoms with Gasteiger partial charge in [0.1, 0.15) is 11.2 Å². The molecule has 0 radical (unpaired) electrons. The van der Waals surface area contributed by atoms with Crippen LogP contribution in [0.1, 0.15) is 108 Å². The second-order valence-corrected chi connectivity index (χ2v) is 18.4. The van der Waals surface area contributed by atoms with E-state index >= 15 is 0 Å². The molecule has 0 N–H and O–H groups in total. The Labute approximate surface area is 340 Å². The maximum atomic E-state index is 6.59. The SMILES string of the molecule is Cc1c(C)c(C)c2c(c1C)-c1c(C)c(C)c(-c3c4c(C)c(C)c(C)c(C)c4c(-c4cccc5oc6ccccc6c45)c4c(C)c(C)c(C)c(C)c34)c(C)c1C2(C)C. The van der Waals surface area contributed by atoms with Crippen LogP contribution in [0.25, 0.3) is 76.9 Å². The van der Waals surface area contributed by atoms with Crippen molar-refractivity contribution in [1.82, 2.24) is 0 Å². The molecular weight excluding hydrogens is 689 g/mol. The average molecular weight is 747 g/mol. The van der Waals surface area contributed by atoms with Gasteiger partial charge in [-0.15, -0.1) is 0 Å². The molecule has 1 aliphatic carbocycles. The molecule has 0 unspecified atom stereocenters. The third-order valence-electron chi connectivity index (χ3n) is 15.8. The molecule has 0 amide bonds. The van der Waals surface area contributed by atoms with Gasteiger partial charge in [0.25, 0.3) is 0 Å². The molecule has 288 valence electrons. The van der Waals surface area contributed by atoms with Gasteiger partial charge in [0.15, 0.2) is 0 Å². The second-order valence-electron chi connectivity index (χ2n) is 18.4. The topological polar surface area (TPSA) is 13.1 Å². The number of benzene rings is 7. The zero-order chi connectivity index (χ0) is 41.1. The van der Waals surface area contributed by atoms with E-state index in [0.29, 0.717) is 0 Å². The van der Waals surface area contributed by atoms with Crippen molar-refractivity contribution >= 4 is 43.5 Å². The second kappa shape index (κ2) is 12.2. The Bertz CT molecular complexity index is 3090. The normalized spacial score (nSPS) is 13.5. The van der Waals surface area contributed by atoms with E-state index < -0.39 is 0 Å². The molecule has 8 aromatic rings. The predicted molar refractivity (Wildman–Crippen MR) is 248 cm³/mol. The Morgan fingerprint density at radius 3 is 1.26 bits per heavy atom. The highest BCUT2D eigenvalue weighted by Crippen LogP contribution is 2.59. The number of rotatable bonds is 2. The first-order valence-corrected chi connectivity index (χ1v) is 21.0. The maximum Gasteiger partial charge on any atom is 0.136 e. The first-order chi connectivity index (χ1) is 26.9. The van der Waals surface area contributed by atoms with Crippen molar-refractivity contribution in [2.75, 3.05) is 0 Å². The van der Waals surface area contributed by atoms with E-state index in [0.717, 1.165) is 11.2 Å². The van der Waals surface area contributed by atoms with Crippen molar-refractivity contribution in [3.8, 4) is 33.4 Å². The Balaban J connectivity index is 1.59. The number of hydrogen-bond acceptors (Lipinski definition) is 1.